The third-order valence-electron chi connectivity index (χ3n) is 5.74. The lowest BCUT2D eigenvalue weighted by molar-refractivity contribution is -0.113. The van der Waals surface area contributed by atoms with Crippen molar-refractivity contribution in [3.05, 3.63) is 82.2 Å². The maximum Gasteiger partial charge on any atom is 0.274 e. The maximum atomic E-state index is 13.9. The van der Waals surface area contributed by atoms with Crippen LogP contribution in [0.4, 0.5) is 22.7 Å². The molecule has 5 rings (SSSR count). The highest BCUT2D eigenvalue weighted by molar-refractivity contribution is 8.20. The van der Waals surface area contributed by atoms with Gasteiger partial charge in [0.25, 0.3) is 5.91 Å². The summed E-state index contributed by atoms with van der Waals surface area (Å²) in [6, 6.07) is 22.9. The molecule has 0 aliphatic carbocycles. The van der Waals surface area contributed by atoms with E-state index in [9.17, 15) is 10.1 Å². The first kappa shape index (κ1) is 23.9. The molecule has 2 aliphatic heterocycles. The Morgan fingerprint density at radius 1 is 1.08 bits per heavy atom. The quantitative estimate of drug-likeness (QED) is 0.408. The highest BCUT2D eigenvalue weighted by Gasteiger charge is 2.40. The number of para-hydroxylation sites is 1. The maximum absolute atomic E-state index is 13.9. The summed E-state index contributed by atoms with van der Waals surface area (Å²) >= 11 is 2.90. The molecule has 1 saturated heterocycles. The standard InChI is InChI=1S/C27H23N5O2S2/c1-4-29-20-12-10-17(16-28)14-21(20)30-27-32(18-8-6-5-7-9-18)25(33)24(36-27)26-31(2)22-15-19(34-3)11-13-23(22)35-26/h5-15,29H,4H2,1-3H3. The van der Waals surface area contributed by atoms with Crippen LogP contribution in [0.3, 0.4) is 0 Å². The minimum absolute atomic E-state index is 0.138. The van der Waals surface area contributed by atoms with E-state index in [-0.39, 0.29) is 5.91 Å². The summed E-state index contributed by atoms with van der Waals surface area (Å²) < 4.78 is 5.40. The first-order valence-electron chi connectivity index (χ1n) is 11.3. The van der Waals surface area contributed by atoms with Crippen LogP contribution in [0.15, 0.2) is 86.6 Å². The van der Waals surface area contributed by atoms with Crippen molar-refractivity contribution in [3.63, 3.8) is 0 Å². The van der Waals surface area contributed by atoms with E-state index >= 15 is 0 Å². The van der Waals surface area contributed by atoms with Gasteiger partial charge in [-0.15, -0.1) is 0 Å². The van der Waals surface area contributed by atoms with Crippen molar-refractivity contribution in [1.29, 1.82) is 5.26 Å². The molecule has 36 heavy (non-hydrogen) atoms. The fraction of sp³-hybridized carbons (Fsp3) is 0.148. The Morgan fingerprint density at radius 2 is 1.89 bits per heavy atom. The number of nitrogens with zero attached hydrogens (tertiary/aromatic N) is 4. The average molecular weight is 514 g/mol. The fourth-order valence-electron chi connectivity index (χ4n) is 3.97. The molecule has 3 aromatic carbocycles. The lowest BCUT2D eigenvalue weighted by atomic mass is 10.2. The van der Waals surface area contributed by atoms with Gasteiger partial charge < -0.3 is 15.0 Å². The topological polar surface area (TPSA) is 81.0 Å². The van der Waals surface area contributed by atoms with Crippen LogP contribution in [-0.4, -0.2) is 31.8 Å². The predicted molar refractivity (Wildman–Crippen MR) is 148 cm³/mol. The molecule has 1 N–H and O–H groups in total. The van der Waals surface area contributed by atoms with Gasteiger partial charge in [-0.3, -0.25) is 9.69 Å². The van der Waals surface area contributed by atoms with Gasteiger partial charge in [-0.2, -0.15) is 5.26 Å². The second kappa shape index (κ2) is 10.0. The van der Waals surface area contributed by atoms with Crippen LogP contribution in [0.5, 0.6) is 5.75 Å². The molecule has 0 spiro atoms. The Hall–Kier alpha value is -3.87. The normalized spacial score (nSPS) is 17.9. The monoisotopic (exact) mass is 513 g/mol. The van der Waals surface area contributed by atoms with Crippen molar-refractivity contribution in [2.75, 3.05) is 35.8 Å². The first-order valence-corrected chi connectivity index (χ1v) is 12.9. The molecule has 2 heterocycles. The number of nitriles is 1. The molecule has 0 radical (unpaired) electrons. The van der Waals surface area contributed by atoms with Crippen LogP contribution in [0, 0.1) is 11.3 Å². The zero-order chi connectivity index (χ0) is 25.2. The van der Waals surface area contributed by atoms with Gasteiger partial charge in [0, 0.05) is 24.6 Å². The number of carbonyl (C=O) groups excluding carboxylic acids is 1. The van der Waals surface area contributed by atoms with Crippen molar-refractivity contribution >= 4 is 57.3 Å². The average Bonchev–Trinajstić information content (AvgIpc) is 3.40. The van der Waals surface area contributed by atoms with Gasteiger partial charge in [-0.05, 0) is 61.2 Å². The van der Waals surface area contributed by atoms with Crippen molar-refractivity contribution in [2.45, 2.75) is 11.8 Å². The van der Waals surface area contributed by atoms with E-state index in [2.05, 4.69) is 11.4 Å². The van der Waals surface area contributed by atoms with Crippen LogP contribution in [-0.2, 0) is 4.79 Å². The van der Waals surface area contributed by atoms with Crippen LogP contribution in [0.25, 0.3) is 0 Å². The lowest BCUT2D eigenvalue weighted by Crippen LogP contribution is -2.29. The number of amides is 1. The number of fused-ring (bicyclic) bond motifs is 1. The SMILES string of the molecule is CCNc1ccc(C#N)cc1N=C1SC(=C2Sc3ccc(OC)cc3N2C)C(=O)N1c1ccccc1. The third kappa shape index (κ3) is 4.30. The number of thioether (sulfide) groups is 2. The lowest BCUT2D eigenvalue weighted by Gasteiger charge is -2.17. The number of carbonyl (C=O) groups is 1. The Labute approximate surface area is 218 Å². The largest absolute Gasteiger partial charge is 0.497 e. The zero-order valence-corrected chi connectivity index (χ0v) is 21.6. The highest BCUT2D eigenvalue weighted by Crippen LogP contribution is 2.51. The van der Waals surface area contributed by atoms with Crippen molar-refractivity contribution in [2.24, 2.45) is 4.99 Å². The van der Waals surface area contributed by atoms with Gasteiger partial charge in [0.1, 0.15) is 10.7 Å². The van der Waals surface area contributed by atoms with E-state index in [1.54, 1.807) is 35.9 Å². The van der Waals surface area contributed by atoms with Gasteiger partial charge in [0.05, 0.1) is 46.5 Å². The minimum atomic E-state index is -0.138. The van der Waals surface area contributed by atoms with Gasteiger partial charge in [0.2, 0.25) is 0 Å². The summed E-state index contributed by atoms with van der Waals surface area (Å²) in [5, 5.41) is 14.1. The molecule has 0 saturated carbocycles. The zero-order valence-electron chi connectivity index (χ0n) is 20.0. The molecule has 1 fully saturated rings. The molecular formula is C27H23N5O2S2. The van der Waals surface area contributed by atoms with Crippen LogP contribution >= 0.6 is 23.5 Å². The van der Waals surface area contributed by atoms with Gasteiger partial charge in [0.15, 0.2) is 5.17 Å². The number of hydrogen-bond acceptors (Lipinski definition) is 8. The Morgan fingerprint density at radius 3 is 2.61 bits per heavy atom. The third-order valence-corrected chi connectivity index (χ3v) is 8.13. The summed E-state index contributed by atoms with van der Waals surface area (Å²) in [7, 11) is 3.60. The van der Waals surface area contributed by atoms with Gasteiger partial charge in [-0.25, -0.2) is 4.99 Å². The minimum Gasteiger partial charge on any atom is -0.497 e. The van der Waals surface area contributed by atoms with Crippen molar-refractivity contribution < 1.29 is 9.53 Å². The number of ether oxygens (including phenoxy) is 1. The predicted octanol–water partition coefficient (Wildman–Crippen LogP) is 6.18. The van der Waals surface area contributed by atoms with E-state index < -0.39 is 0 Å². The molecular weight excluding hydrogens is 490 g/mol. The molecule has 0 unspecified atom stereocenters. The summed E-state index contributed by atoms with van der Waals surface area (Å²) in [4.78, 5) is 24.1. The number of benzene rings is 3. The summed E-state index contributed by atoms with van der Waals surface area (Å²) in [5.74, 6) is 0.625. The van der Waals surface area contributed by atoms with E-state index in [0.717, 1.165) is 32.7 Å². The summed E-state index contributed by atoms with van der Waals surface area (Å²) in [6.07, 6.45) is 0. The molecule has 1 amide bonds. The van der Waals surface area contributed by atoms with Gasteiger partial charge >= 0.3 is 0 Å². The molecule has 7 nitrogen and oxygen atoms in total. The number of amidine groups is 1. The van der Waals surface area contributed by atoms with E-state index in [1.165, 1.54) is 11.8 Å². The summed E-state index contributed by atoms with van der Waals surface area (Å²) in [5.41, 5.74) is 3.64. The molecule has 9 heteroatoms. The van der Waals surface area contributed by atoms with Crippen molar-refractivity contribution in [1.82, 2.24) is 0 Å². The van der Waals surface area contributed by atoms with Gasteiger partial charge in [-0.1, -0.05) is 30.0 Å². The highest BCUT2D eigenvalue weighted by atomic mass is 32.2. The molecule has 3 aromatic rings. The first-order chi connectivity index (χ1) is 17.5. The number of hydrogen-bond donors (Lipinski definition) is 1. The summed E-state index contributed by atoms with van der Waals surface area (Å²) in [6.45, 7) is 2.71. The van der Waals surface area contributed by atoms with E-state index in [0.29, 0.717) is 27.9 Å². The Bertz CT molecular complexity index is 1450. The Kier molecular flexibility index (Phi) is 6.63. The number of aliphatic imine (C=N–C) groups is 1. The van der Waals surface area contributed by atoms with Crippen LogP contribution < -0.4 is 19.9 Å². The smallest absolute Gasteiger partial charge is 0.274 e. The Balaban J connectivity index is 1.63. The van der Waals surface area contributed by atoms with Crippen LogP contribution in [0.1, 0.15) is 12.5 Å². The molecule has 0 atom stereocenters. The number of rotatable bonds is 5. The second-order valence-corrected chi connectivity index (χ2v) is 9.98. The van der Waals surface area contributed by atoms with E-state index in [1.807, 2.05) is 73.5 Å². The molecule has 0 aromatic heterocycles. The second-order valence-electron chi connectivity index (χ2n) is 7.98. The van der Waals surface area contributed by atoms with Crippen molar-refractivity contribution in [3.8, 4) is 11.8 Å². The van der Waals surface area contributed by atoms with E-state index in [4.69, 9.17) is 9.73 Å². The molecule has 2 aliphatic rings. The number of nitrogens with one attached hydrogen (secondary N) is 1. The van der Waals surface area contributed by atoms with Crippen LogP contribution in [0.2, 0.25) is 0 Å². The molecule has 180 valence electrons. The molecule has 0 bridgehead atoms. The fourth-order valence-corrected chi connectivity index (χ4v) is 6.29. The number of anilines is 3. The number of methoxy groups -OCH3 is 1.